The number of nitrogens with zero attached hydrogens (tertiary/aromatic N) is 1. The van der Waals surface area contributed by atoms with Gasteiger partial charge in [-0.05, 0) is 16.0 Å². The van der Waals surface area contributed by atoms with E-state index < -0.39 is 0 Å². The minimum absolute atomic E-state index is 0. The Morgan fingerprint density at radius 3 is 2.15 bits per heavy atom. The summed E-state index contributed by atoms with van der Waals surface area (Å²) in [5.74, 6) is 2.39. The van der Waals surface area contributed by atoms with Gasteiger partial charge >= 0.3 is 0 Å². The van der Waals surface area contributed by atoms with Crippen molar-refractivity contribution in [2.75, 3.05) is 12.3 Å². The topological polar surface area (TPSA) is 14.1 Å². The second kappa shape index (κ2) is 9.48. The van der Waals surface area contributed by atoms with Crippen molar-refractivity contribution in [1.82, 2.24) is 0 Å². The summed E-state index contributed by atoms with van der Waals surface area (Å²) in [7, 11) is 0. The summed E-state index contributed by atoms with van der Waals surface area (Å²) >= 11 is 6.78. The minimum atomic E-state index is 0. The number of hydrogen-bond acceptors (Lipinski definition) is 2. The van der Waals surface area contributed by atoms with Gasteiger partial charge in [-0.2, -0.15) is 0 Å². The van der Waals surface area contributed by atoms with Crippen molar-refractivity contribution in [3.05, 3.63) is 5.32 Å². The fourth-order valence-electron chi connectivity index (χ4n) is 0.541. The molecule has 0 saturated heterocycles. The molecule has 0 aliphatic heterocycles. The zero-order valence-corrected chi connectivity index (χ0v) is 12.4. The molecule has 1 nitrogen and oxygen atoms in total. The molecule has 0 spiro atoms. The Balaban J connectivity index is 0. The summed E-state index contributed by atoms with van der Waals surface area (Å²) in [5, 5.41) is 4.29. The van der Waals surface area contributed by atoms with Gasteiger partial charge in [0.1, 0.15) is 0 Å². The van der Waals surface area contributed by atoms with Gasteiger partial charge in [0.05, 0.1) is 0 Å². The standard InChI is InChI=1S/C9H19NS2.Mo/c1-7(2)5-10-9(11)12-6-8(3)4;/h7-8H,5-6H2,1-4H3,(H,10,11);/p-1. The molecule has 0 aromatic rings. The Hall–Kier alpha value is 0.928. The van der Waals surface area contributed by atoms with E-state index in [2.05, 4.69) is 33.0 Å². The maximum atomic E-state index is 5.09. The Kier molecular flexibility index (Phi) is 11.9. The monoisotopic (exact) mass is 302 g/mol. The first-order valence-electron chi connectivity index (χ1n) is 4.36. The molecule has 0 bridgehead atoms. The fourth-order valence-corrected chi connectivity index (χ4v) is 1.46. The van der Waals surface area contributed by atoms with Crippen molar-refractivity contribution < 1.29 is 21.1 Å². The first-order chi connectivity index (χ1) is 5.52. The second-order valence-electron chi connectivity index (χ2n) is 3.71. The Morgan fingerprint density at radius 2 is 1.77 bits per heavy atom. The molecule has 0 N–H and O–H groups in total. The molecule has 0 unspecified atom stereocenters. The first-order valence-corrected chi connectivity index (χ1v) is 5.76. The van der Waals surface area contributed by atoms with Crippen molar-refractivity contribution in [2.24, 2.45) is 11.8 Å². The van der Waals surface area contributed by atoms with Gasteiger partial charge in [0.25, 0.3) is 0 Å². The van der Waals surface area contributed by atoms with Crippen LogP contribution in [0.25, 0.3) is 5.32 Å². The van der Waals surface area contributed by atoms with Crippen LogP contribution >= 0.6 is 24.0 Å². The molecule has 0 aliphatic carbocycles. The van der Waals surface area contributed by atoms with Crippen molar-refractivity contribution in [1.29, 1.82) is 0 Å². The van der Waals surface area contributed by atoms with E-state index in [0.717, 1.165) is 16.6 Å². The molecule has 0 saturated carbocycles. The van der Waals surface area contributed by atoms with Crippen LogP contribution in [0.15, 0.2) is 0 Å². The number of thioether (sulfide) groups is 1. The maximum absolute atomic E-state index is 5.09. The van der Waals surface area contributed by atoms with Gasteiger partial charge < -0.3 is 5.32 Å². The van der Waals surface area contributed by atoms with Crippen molar-refractivity contribution in [2.45, 2.75) is 27.7 Å². The third-order valence-electron chi connectivity index (χ3n) is 1.13. The van der Waals surface area contributed by atoms with Gasteiger partial charge in [0.2, 0.25) is 0 Å². The average Bonchev–Trinajstić information content (AvgIpc) is 1.96. The summed E-state index contributed by atoms with van der Waals surface area (Å²) in [6.07, 6.45) is 0. The smallest absolute Gasteiger partial charge is 0 e. The largest absolute Gasteiger partial charge is 0.669 e. The van der Waals surface area contributed by atoms with E-state index in [1.54, 1.807) is 11.8 Å². The summed E-state index contributed by atoms with van der Waals surface area (Å²) in [6.45, 7) is 9.55. The van der Waals surface area contributed by atoms with Crippen LogP contribution in [0.2, 0.25) is 0 Å². The SMILES string of the molecule is CC(C)C[N-]C(=S)SCC(C)C.[Mo]. The molecule has 13 heavy (non-hydrogen) atoms. The van der Waals surface area contributed by atoms with Crippen molar-refractivity contribution >= 4 is 28.3 Å². The number of hydrogen-bond donors (Lipinski definition) is 0. The van der Waals surface area contributed by atoms with E-state index in [0.29, 0.717) is 11.8 Å². The zero-order valence-electron chi connectivity index (χ0n) is 8.74. The van der Waals surface area contributed by atoms with Crippen LogP contribution in [0.4, 0.5) is 0 Å². The molecule has 0 aliphatic rings. The van der Waals surface area contributed by atoms with E-state index in [9.17, 15) is 0 Å². The minimum Gasteiger partial charge on any atom is -0.669 e. The van der Waals surface area contributed by atoms with E-state index in [-0.39, 0.29) is 21.1 Å². The molecular formula is C9H18MoNS2-. The van der Waals surface area contributed by atoms with Crippen LogP contribution in [0.5, 0.6) is 0 Å². The molecule has 0 aromatic carbocycles. The summed E-state index contributed by atoms with van der Waals surface area (Å²) in [6, 6.07) is 0. The summed E-state index contributed by atoms with van der Waals surface area (Å²) in [5.41, 5.74) is 0. The predicted octanol–water partition coefficient (Wildman–Crippen LogP) is 3.69. The van der Waals surface area contributed by atoms with E-state index in [4.69, 9.17) is 12.2 Å². The fraction of sp³-hybridized carbons (Fsp3) is 0.889. The van der Waals surface area contributed by atoms with Crippen LogP contribution in [0.3, 0.4) is 0 Å². The quantitative estimate of drug-likeness (QED) is 0.581. The molecule has 4 heteroatoms. The molecule has 0 fully saturated rings. The van der Waals surface area contributed by atoms with Crippen molar-refractivity contribution in [3.63, 3.8) is 0 Å². The van der Waals surface area contributed by atoms with Gasteiger partial charge in [-0.3, -0.25) is 0 Å². The summed E-state index contributed by atoms with van der Waals surface area (Å²) in [4.78, 5) is 0. The first kappa shape index (κ1) is 16.4. The Bertz CT molecular complexity index is 124. The molecule has 0 aromatic heterocycles. The maximum Gasteiger partial charge on any atom is 0 e. The van der Waals surface area contributed by atoms with Gasteiger partial charge in [-0.15, -0.1) is 18.3 Å². The number of thiocarbonyl (C=S) groups is 1. The molecule has 0 radical (unpaired) electrons. The van der Waals surface area contributed by atoms with Crippen LogP contribution in [-0.2, 0) is 21.1 Å². The average molecular weight is 300 g/mol. The third-order valence-corrected chi connectivity index (χ3v) is 2.82. The summed E-state index contributed by atoms with van der Waals surface area (Å²) < 4.78 is 0.817. The second-order valence-corrected chi connectivity index (χ2v) is 5.36. The van der Waals surface area contributed by atoms with Gasteiger partial charge in [0.15, 0.2) is 0 Å². The van der Waals surface area contributed by atoms with Gasteiger partial charge in [0, 0.05) is 21.1 Å². The van der Waals surface area contributed by atoms with Gasteiger partial charge in [-0.1, -0.05) is 45.8 Å². The molecule has 0 rings (SSSR count). The van der Waals surface area contributed by atoms with Crippen molar-refractivity contribution in [3.8, 4) is 0 Å². The normalized spacial score (nSPS) is 10.0. The zero-order chi connectivity index (χ0) is 9.56. The molecule has 0 heterocycles. The van der Waals surface area contributed by atoms with E-state index >= 15 is 0 Å². The van der Waals surface area contributed by atoms with Crippen LogP contribution in [0, 0.1) is 11.8 Å². The molecule has 0 amide bonds. The molecule has 78 valence electrons. The van der Waals surface area contributed by atoms with Crippen LogP contribution in [0.1, 0.15) is 27.7 Å². The van der Waals surface area contributed by atoms with Gasteiger partial charge in [-0.25, -0.2) is 0 Å². The number of rotatable bonds is 4. The van der Waals surface area contributed by atoms with Crippen LogP contribution in [-0.4, -0.2) is 16.6 Å². The van der Waals surface area contributed by atoms with E-state index in [1.807, 2.05) is 0 Å². The Labute approximate surface area is 106 Å². The predicted molar refractivity (Wildman–Crippen MR) is 63.0 cm³/mol. The Morgan fingerprint density at radius 1 is 1.23 bits per heavy atom. The molecule has 0 atom stereocenters. The molecular weight excluding hydrogens is 282 g/mol. The van der Waals surface area contributed by atoms with E-state index in [1.165, 1.54) is 0 Å². The third kappa shape index (κ3) is 12.9. The van der Waals surface area contributed by atoms with Crippen LogP contribution < -0.4 is 0 Å².